The van der Waals surface area contributed by atoms with Crippen molar-refractivity contribution in [2.24, 2.45) is 10.9 Å². The minimum atomic E-state index is -0.0235. The largest absolute Gasteiger partial charge is 0.409 e. The van der Waals surface area contributed by atoms with Crippen LogP contribution >= 0.6 is 11.8 Å². The number of rotatable bonds is 2. The molecule has 0 aliphatic carbocycles. The van der Waals surface area contributed by atoms with Crippen LogP contribution in [0.5, 0.6) is 0 Å². The van der Waals surface area contributed by atoms with Crippen molar-refractivity contribution in [1.82, 2.24) is 9.97 Å². The van der Waals surface area contributed by atoms with Crippen LogP contribution in [0.25, 0.3) is 0 Å². The van der Waals surface area contributed by atoms with Gasteiger partial charge in [0.25, 0.3) is 0 Å². The molecule has 1 aromatic rings. The predicted molar refractivity (Wildman–Crippen MR) is 73.3 cm³/mol. The number of nitrogens with two attached hydrogens (primary N) is 1. The molecule has 0 radical (unpaired) electrons. The van der Waals surface area contributed by atoms with Crippen LogP contribution in [0.4, 0.5) is 5.82 Å². The van der Waals surface area contributed by atoms with E-state index in [0.29, 0.717) is 17.0 Å². The van der Waals surface area contributed by atoms with Gasteiger partial charge in [-0.05, 0) is 6.92 Å². The molecule has 6 nitrogen and oxygen atoms in total. The predicted octanol–water partition coefficient (Wildman–Crippen LogP) is 0.901. The minimum Gasteiger partial charge on any atom is -0.409 e. The number of anilines is 1. The molecule has 7 heteroatoms. The first-order valence-corrected chi connectivity index (χ1v) is 6.86. The molecular formula is C11H17N5OS. The normalized spacial score (nSPS) is 25.2. The van der Waals surface area contributed by atoms with Crippen molar-refractivity contribution in [3.63, 3.8) is 0 Å². The fourth-order valence-electron chi connectivity index (χ4n) is 1.91. The average molecular weight is 267 g/mol. The molecule has 0 bridgehead atoms. The summed E-state index contributed by atoms with van der Waals surface area (Å²) in [6, 6.07) is 0.424. The van der Waals surface area contributed by atoms with Crippen LogP contribution in [0.15, 0.2) is 17.5 Å². The summed E-state index contributed by atoms with van der Waals surface area (Å²) in [5.41, 5.74) is 5.84. The third kappa shape index (κ3) is 2.50. The van der Waals surface area contributed by atoms with Gasteiger partial charge in [-0.2, -0.15) is 11.8 Å². The number of aromatic nitrogens is 2. The smallest absolute Gasteiger partial charge is 0.190 e. The van der Waals surface area contributed by atoms with Gasteiger partial charge in [0.15, 0.2) is 5.84 Å². The summed E-state index contributed by atoms with van der Waals surface area (Å²) in [5.74, 6) is 1.91. The van der Waals surface area contributed by atoms with Crippen LogP contribution in [-0.2, 0) is 0 Å². The van der Waals surface area contributed by atoms with E-state index in [9.17, 15) is 0 Å². The van der Waals surface area contributed by atoms with Crippen molar-refractivity contribution in [2.75, 3.05) is 17.2 Å². The Hall–Kier alpha value is -1.50. The van der Waals surface area contributed by atoms with E-state index in [0.717, 1.165) is 18.1 Å². The summed E-state index contributed by atoms with van der Waals surface area (Å²) in [4.78, 5) is 10.7. The zero-order valence-electron chi connectivity index (χ0n) is 10.4. The van der Waals surface area contributed by atoms with Crippen molar-refractivity contribution in [3.8, 4) is 0 Å². The van der Waals surface area contributed by atoms with Gasteiger partial charge in [0.1, 0.15) is 11.5 Å². The summed E-state index contributed by atoms with van der Waals surface area (Å²) in [6.45, 7) is 5.38. The van der Waals surface area contributed by atoms with Crippen molar-refractivity contribution in [1.29, 1.82) is 0 Å². The van der Waals surface area contributed by atoms with E-state index < -0.39 is 0 Å². The topological polar surface area (TPSA) is 87.6 Å². The van der Waals surface area contributed by atoms with Crippen LogP contribution in [0, 0.1) is 0 Å². The van der Waals surface area contributed by atoms with Crippen LogP contribution in [0.1, 0.15) is 19.5 Å². The first-order chi connectivity index (χ1) is 8.63. The van der Waals surface area contributed by atoms with Gasteiger partial charge in [0, 0.05) is 23.6 Å². The van der Waals surface area contributed by atoms with E-state index in [4.69, 9.17) is 10.9 Å². The van der Waals surface area contributed by atoms with Gasteiger partial charge < -0.3 is 15.8 Å². The summed E-state index contributed by atoms with van der Waals surface area (Å²) in [5, 5.41) is 12.0. The number of amidine groups is 1. The van der Waals surface area contributed by atoms with Crippen LogP contribution in [-0.4, -0.2) is 44.6 Å². The van der Waals surface area contributed by atoms with Gasteiger partial charge in [-0.25, -0.2) is 9.97 Å². The van der Waals surface area contributed by atoms with Gasteiger partial charge in [-0.15, -0.1) is 0 Å². The molecule has 0 saturated carbocycles. The molecule has 2 rings (SSSR count). The van der Waals surface area contributed by atoms with Crippen LogP contribution in [0.2, 0.25) is 0 Å². The van der Waals surface area contributed by atoms with Crippen LogP contribution in [0.3, 0.4) is 0 Å². The second-order valence-corrected chi connectivity index (χ2v) is 5.74. The lowest BCUT2D eigenvalue weighted by Crippen LogP contribution is -2.45. The number of nitrogens with zero attached hydrogens (tertiary/aromatic N) is 4. The van der Waals surface area contributed by atoms with Crippen molar-refractivity contribution in [3.05, 3.63) is 18.1 Å². The second-order valence-electron chi connectivity index (χ2n) is 4.25. The third-order valence-electron chi connectivity index (χ3n) is 3.19. The van der Waals surface area contributed by atoms with Gasteiger partial charge in [-0.3, -0.25) is 0 Å². The van der Waals surface area contributed by atoms with E-state index >= 15 is 0 Å². The Morgan fingerprint density at radius 1 is 1.50 bits per heavy atom. The maximum Gasteiger partial charge on any atom is 0.190 e. The molecule has 1 fully saturated rings. The molecule has 1 aliphatic heterocycles. The molecule has 2 heterocycles. The molecule has 1 aliphatic rings. The Labute approximate surface area is 110 Å². The average Bonchev–Trinajstić information content (AvgIpc) is 2.41. The van der Waals surface area contributed by atoms with E-state index in [1.165, 1.54) is 6.20 Å². The lowest BCUT2D eigenvalue weighted by Gasteiger charge is -2.38. The van der Waals surface area contributed by atoms with E-state index in [1.54, 1.807) is 6.20 Å². The van der Waals surface area contributed by atoms with E-state index in [-0.39, 0.29) is 5.84 Å². The van der Waals surface area contributed by atoms with E-state index in [1.807, 2.05) is 11.8 Å². The quantitative estimate of drug-likeness (QED) is 0.358. The molecule has 0 spiro atoms. The molecule has 2 unspecified atom stereocenters. The summed E-state index contributed by atoms with van der Waals surface area (Å²) < 4.78 is 0. The maximum absolute atomic E-state index is 8.57. The molecule has 1 saturated heterocycles. The highest BCUT2D eigenvalue weighted by Gasteiger charge is 2.26. The first kappa shape index (κ1) is 12.9. The first-order valence-electron chi connectivity index (χ1n) is 5.81. The SMILES string of the molecule is CC1SCCN(c2cnc(C(N)=NO)cn2)C1C. The highest BCUT2D eigenvalue weighted by atomic mass is 32.2. The standard InChI is InChI=1S/C11H17N5OS/c1-7-8(2)18-4-3-16(7)10-6-13-9(5-14-10)11(12)15-17/h5-8,17H,3-4H2,1-2H3,(H2,12,15). The molecule has 1 aromatic heterocycles. The molecule has 2 atom stereocenters. The lowest BCUT2D eigenvalue weighted by molar-refractivity contribution is 0.318. The number of oxime groups is 1. The van der Waals surface area contributed by atoms with Crippen molar-refractivity contribution >= 4 is 23.4 Å². The number of hydrogen-bond donors (Lipinski definition) is 2. The highest BCUT2D eigenvalue weighted by Crippen LogP contribution is 2.27. The Balaban J connectivity index is 2.19. The number of hydrogen-bond acceptors (Lipinski definition) is 6. The highest BCUT2D eigenvalue weighted by molar-refractivity contribution is 8.00. The van der Waals surface area contributed by atoms with Gasteiger partial charge in [0.2, 0.25) is 0 Å². The Morgan fingerprint density at radius 2 is 2.28 bits per heavy atom. The molecule has 0 amide bonds. The van der Waals surface area contributed by atoms with Crippen molar-refractivity contribution in [2.45, 2.75) is 25.1 Å². The summed E-state index contributed by atoms with van der Waals surface area (Å²) >= 11 is 1.97. The lowest BCUT2D eigenvalue weighted by atomic mass is 10.2. The summed E-state index contributed by atoms with van der Waals surface area (Å²) in [6.07, 6.45) is 3.20. The molecule has 0 aromatic carbocycles. The fourth-order valence-corrected chi connectivity index (χ4v) is 3.01. The number of thioether (sulfide) groups is 1. The minimum absolute atomic E-state index is 0.0235. The second kappa shape index (κ2) is 5.43. The molecule has 3 N–H and O–H groups in total. The third-order valence-corrected chi connectivity index (χ3v) is 4.52. The monoisotopic (exact) mass is 267 g/mol. The Bertz CT molecular complexity index is 436. The van der Waals surface area contributed by atoms with Crippen LogP contribution < -0.4 is 10.6 Å². The van der Waals surface area contributed by atoms with Crippen molar-refractivity contribution < 1.29 is 5.21 Å². The molecule has 98 valence electrons. The summed E-state index contributed by atoms with van der Waals surface area (Å²) in [7, 11) is 0. The zero-order valence-corrected chi connectivity index (χ0v) is 11.3. The van der Waals surface area contributed by atoms with Gasteiger partial charge in [0.05, 0.1) is 12.4 Å². The Morgan fingerprint density at radius 3 is 2.89 bits per heavy atom. The molecular weight excluding hydrogens is 250 g/mol. The Kier molecular flexibility index (Phi) is 3.90. The zero-order chi connectivity index (χ0) is 13.1. The van der Waals surface area contributed by atoms with E-state index in [2.05, 4.69) is 33.9 Å². The molecule has 18 heavy (non-hydrogen) atoms. The fraction of sp³-hybridized carbons (Fsp3) is 0.545. The maximum atomic E-state index is 8.57. The van der Waals surface area contributed by atoms with Gasteiger partial charge >= 0.3 is 0 Å². The van der Waals surface area contributed by atoms with Gasteiger partial charge in [-0.1, -0.05) is 12.1 Å².